The summed E-state index contributed by atoms with van der Waals surface area (Å²) in [6, 6.07) is 0. The molecule has 3 heteroatoms. The second kappa shape index (κ2) is 3.20. The Labute approximate surface area is 70.5 Å². The van der Waals surface area contributed by atoms with Crippen LogP contribution in [-0.2, 0) is 9.53 Å². The Morgan fingerprint density at radius 3 is 2.82 bits per heavy atom. The minimum Gasteiger partial charge on any atom is -0.358 e. The highest BCUT2D eigenvalue weighted by Crippen LogP contribution is 2.30. The van der Waals surface area contributed by atoms with Crippen molar-refractivity contribution in [1.29, 1.82) is 0 Å². The molecule has 0 saturated heterocycles. The first-order valence-corrected chi connectivity index (χ1v) is 3.66. The molecule has 0 aliphatic heterocycles. The maximum Gasteiger partial charge on any atom is 0.173 e. The lowest BCUT2D eigenvalue weighted by atomic mass is 9.99. The third-order valence-electron chi connectivity index (χ3n) is 1.67. The molecule has 0 aromatic rings. The molecule has 1 rings (SSSR count). The molecular weight excluding hydrogens is 164 g/mol. The van der Waals surface area contributed by atoms with Crippen LogP contribution in [0.4, 0.5) is 0 Å². The molecule has 1 aliphatic rings. The number of carbonyl (C=O) groups excluding carboxylic acids is 1. The number of carbonyl (C=O) groups is 1. The lowest BCUT2D eigenvalue weighted by molar-refractivity contribution is -0.113. The molecule has 0 amide bonds. The summed E-state index contributed by atoms with van der Waals surface area (Å²) in [6.07, 6.45) is 7.68. The number of aldehydes is 1. The number of alkyl halides is 1. The van der Waals surface area contributed by atoms with E-state index < -0.39 is 5.06 Å². The first-order valence-electron chi connectivity index (χ1n) is 3.28. The standard InChI is InChI=1S/C8H9ClO2/c1-11-8(9)5-3-2-4-7(8)6-10/h2-7H,1H3. The molecule has 0 bridgehead atoms. The number of halogens is 1. The molecule has 0 aromatic heterocycles. The van der Waals surface area contributed by atoms with Crippen LogP contribution in [-0.4, -0.2) is 18.5 Å². The van der Waals surface area contributed by atoms with E-state index in [0.29, 0.717) is 0 Å². The Bertz CT molecular complexity index is 210. The molecule has 0 radical (unpaired) electrons. The lowest BCUT2D eigenvalue weighted by Crippen LogP contribution is -2.32. The van der Waals surface area contributed by atoms with Crippen LogP contribution in [0.2, 0.25) is 0 Å². The summed E-state index contributed by atoms with van der Waals surface area (Å²) in [5.74, 6) is -0.390. The van der Waals surface area contributed by atoms with E-state index in [1.165, 1.54) is 7.11 Å². The van der Waals surface area contributed by atoms with Gasteiger partial charge >= 0.3 is 0 Å². The lowest BCUT2D eigenvalue weighted by Gasteiger charge is -2.27. The van der Waals surface area contributed by atoms with Crippen molar-refractivity contribution < 1.29 is 9.53 Å². The van der Waals surface area contributed by atoms with Crippen LogP contribution >= 0.6 is 11.6 Å². The van der Waals surface area contributed by atoms with Crippen LogP contribution in [0.3, 0.4) is 0 Å². The Morgan fingerprint density at radius 1 is 1.64 bits per heavy atom. The molecule has 0 saturated carbocycles. The number of ether oxygens (including phenoxy) is 1. The van der Waals surface area contributed by atoms with E-state index in [9.17, 15) is 4.79 Å². The van der Waals surface area contributed by atoms with Crippen LogP contribution < -0.4 is 0 Å². The monoisotopic (exact) mass is 172 g/mol. The van der Waals surface area contributed by atoms with Crippen LogP contribution in [0.5, 0.6) is 0 Å². The van der Waals surface area contributed by atoms with Crippen molar-refractivity contribution in [3.05, 3.63) is 24.3 Å². The van der Waals surface area contributed by atoms with E-state index in [2.05, 4.69) is 0 Å². The maximum absolute atomic E-state index is 10.5. The number of rotatable bonds is 2. The van der Waals surface area contributed by atoms with Gasteiger partial charge in [-0.2, -0.15) is 0 Å². The number of hydrogen-bond acceptors (Lipinski definition) is 2. The van der Waals surface area contributed by atoms with Crippen molar-refractivity contribution in [2.45, 2.75) is 5.06 Å². The van der Waals surface area contributed by atoms with Gasteiger partial charge in [0.15, 0.2) is 5.06 Å². The maximum atomic E-state index is 10.5. The van der Waals surface area contributed by atoms with Crippen molar-refractivity contribution in [3.8, 4) is 0 Å². The van der Waals surface area contributed by atoms with Gasteiger partial charge in [0, 0.05) is 7.11 Å². The molecule has 0 aromatic carbocycles. The minimum atomic E-state index is -0.976. The summed E-state index contributed by atoms with van der Waals surface area (Å²) >= 11 is 5.93. The average Bonchev–Trinajstić information content (AvgIpc) is 2.05. The Kier molecular flexibility index (Phi) is 2.47. The Hall–Kier alpha value is -0.600. The van der Waals surface area contributed by atoms with E-state index in [1.807, 2.05) is 0 Å². The molecule has 2 nitrogen and oxygen atoms in total. The number of hydrogen-bond donors (Lipinski definition) is 0. The quantitative estimate of drug-likeness (QED) is 0.466. The van der Waals surface area contributed by atoms with Gasteiger partial charge in [-0.25, -0.2) is 0 Å². The summed E-state index contributed by atoms with van der Waals surface area (Å²) in [4.78, 5) is 10.5. The van der Waals surface area contributed by atoms with Crippen molar-refractivity contribution in [3.63, 3.8) is 0 Å². The van der Waals surface area contributed by atoms with Crippen molar-refractivity contribution in [1.82, 2.24) is 0 Å². The van der Waals surface area contributed by atoms with Crippen LogP contribution in [0.1, 0.15) is 0 Å². The molecule has 2 unspecified atom stereocenters. The van der Waals surface area contributed by atoms with E-state index in [4.69, 9.17) is 16.3 Å². The largest absolute Gasteiger partial charge is 0.358 e. The fourth-order valence-corrected chi connectivity index (χ4v) is 1.15. The van der Waals surface area contributed by atoms with Gasteiger partial charge in [0.25, 0.3) is 0 Å². The highest BCUT2D eigenvalue weighted by Gasteiger charge is 2.33. The van der Waals surface area contributed by atoms with Gasteiger partial charge in [0.05, 0.1) is 5.92 Å². The van der Waals surface area contributed by atoms with E-state index in [1.54, 1.807) is 24.3 Å². The summed E-state index contributed by atoms with van der Waals surface area (Å²) in [7, 11) is 1.48. The SMILES string of the molecule is COC1(Cl)C=CC=CC1C=O. The van der Waals surface area contributed by atoms with Crippen LogP contribution in [0.15, 0.2) is 24.3 Å². The molecule has 0 fully saturated rings. The van der Waals surface area contributed by atoms with E-state index in [-0.39, 0.29) is 5.92 Å². The molecule has 0 heterocycles. The first kappa shape index (κ1) is 8.50. The molecule has 11 heavy (non-hydrogen) atoms. The molecule has 60 valence electrons. The topological polar surface area (TPSA) is 26.3 Å². The molecule has 0 N–H and O–H groups in total. The van der Waals surface area contributed by atoms with Gasteiger partial charge in [-0.15, -0.1) is 0 Å². The number of methoxy groups -OCH3 is 1. The average molecular weight is 173 g/mol. The predicted molar refractivity (Wildman–Crippen MR) is 43.4 cm³/mol. The fraction of sp³-hybridized carbons (Fsp3) is 0.375. The number of allylic oxidation sites excluding steroid dienone is 2. The highest BCUT2D eigenvalue weighted by molar-refractivity contribution is 6.25. The van der Waals surface area contributed by atoms with Crippen molar-refractivity contribution in [2.24, 2.45) is 5.92 Å². The first-order chi connectivity index (χ1) is 5.23. The normalized spacial score (nSPS) is 35.6. The summed E-state index contributed by atoms with van der Waals surface area (Å²) in [5.41, 5.74) is 0. The molecular formula is C8H9ClO2. The zero-order valence-electron chi connectivity index (χ0n) is 6.16. The second-order valence-electron chi connectivity index (χ2n) is 2.31. The molecule has 1 aliphatic carbocycles. The third kappa shape index (κ3) is 1.52. The predicted octanol–water partition coefficient (Wildman–Crippen LogP) is 1.51. The van der Waals surface area contributed by atoms with Gasteiger partial charge in [-0.3, -0.25) is 0 Å². The van der Waals surface area contributed by atoms with Gasteiger partial charge < -0.3 is 9.53 Å². The summed E-state index contributed by atoms with van der Waals surface area (Å²) in [5, 5.41) is -0.976. The van der Waals surface area contributed by atoms with Crippen molar-refractivity contribution in [2.75, 3.05) is 7.11 Å². The summed E-state index contributed by atoms with van der Waals surface area (Å²) < 4.78 is 4.98. The van der Waals surface area contributed by atoms with Gasteiger partial charge in [-0.1, -0.05) is 29.8 Å². The smallest absolute Gasteiger partial charge is 0.173 e. The van der Waals surface area contributed by atoms with Gasteiger partial charge in [-0.05, 0) is 6.08 Å². The van der Waals surface area contributed by atoms with E-state index in [0.717, 1.165) is 6.29 Å². The van der Waals surface area contributed by atoms with Crippen LogP contribution in [0.25, 0.3) is 0 Å². The zero-order chi connectivity index (χ0) is 8.32. The Balaban J connectivity index is 2.85. The van der Waals surface area contributed by atoms with E-state index >= 15 is 0 Å². The fourth-order valence-electron chi connectivity index (χ4n) is 0.955. The molecule has 2 atom stereocenters. The zero-order valence-corrected chi connectivity index (χ0v) is 6.91. The van der Waals surface area contributed by atoms with Gasteiger partial charge in [0.1, 0.15) is 6.29 Å². The second-order valence-corrected chi connectivity index (χ2v) is 2.90. The van der Waals surface area contributed by atoms with Crippen molar-refractivity contribution >= 4 is 17.9 Å². The summed E-state index contributed by atoms with van der Waals surface area (Å²) in [6.45, 7) is 0. The van der Waals surface area contributed by atoms with Gasteiger partial charge in [0.2, 0.25) is 0 Å². The van der Waals surface area contributed by atoms with Crippen LogP contribution in [0, 0.1) is 5.92 Å². The third-order valence-corrected chi connectivity index (χ3v) is 2.20. The molecule has 0 spiro atoms. The minimum absolute atomic E-state index is 0.390. The highest BCUT2D eigenvalue weighted by atomic mass is 35.5. The Morgan fingerprint density at radius 2 is 2.36 bits per heavy atom.